The summed E-state index contributed by atoms with van der Waals surface area (Å²) in [5.41, 5.74) is 2.84. The minimum atomic E-state index is -0.658. The van der Waals surface area contributed by atoms with Crippen LogP contribution in [0.2, 0.25) is 0 Å². The molecule has 1 aliphatic rings. The highest BCUT2D eigenvalue weighted by Crippen LogP contribution is 2.36. The van der Waals surface area contributed by atoms with Gasteiger partial charge in [-0.05, 0) is 62.7 Å². The highest BCUT2D eigenvalue weighted by molar-refractivity contribution is 5.83. The van der Waals surface area contributed by atoms with E-state index in [1.807, 2.05) is 37.5 Å². The summed E-state index contributed by atoms with van der Waals surface area (Å²) in [5, 5.41) is 15.6. The average Bonchev–Trinajstić information content (AvgIpc) is 3.02. The summed E-state index contributed by atoms with van der Waals surface area (Å²) in [6.07, 6.45) is 0. The number of hydrogen-bond donors (Lipinski definition) is 2. The van der Waals surface area contributed by atoms with Gasteiger partial charge in [0.1, 0.15) is 29.7 Å². The number of carbonyl (C=O) groups is 1. The van der Waals surface area contributed by atoms with Gasteiger partial charge in [-0.3, -0.25) is 4.79 Å². The third-order valence-electron chi connectivity index (χ3n) is 5.02. The number of carbonyl (C=O) groups excluding carboxylic acids is 1. The van der Waals surface area contributed by atoms with Gasteiger partial charge in [-0.1, -0.05) is 6.07 Å². The van der Waals surface area contributed by atoms with Crippen molar-refractivity contribution in [1.29, 1.82) is 5.26 Å². The number of rotatable bonds is 3. The lowest BCUT2D eigenvalue weighted by Crippen LogP contribution is -2.49. The smallest absolute Gasteiger partial charge is 0.240 e. The van der Waals surface area contributed by atoms with E-state index in [1.54, 1.807) is 18.2 Å². The van der Waals surface area contributed by atoms with E-state index in [0.29, 0.717) is 28.6 Å². The molecule has 1 aromatic heterocycles. The molecule has 4 rings (SSSR count). The Balaban J connectivity index is 1.89. The first-order valence-corrected chi connectivity index (χ1v) is 9.24. The molecule has 0 unspecified atom stereocenters. The van der Waals surface area contributed by atoms with E-state index in [-0.39, 0.29) is 18.3 Å². The summed E-state index contributed by atoms with van der Waals surface area (Å²) in [6, 6.07) is 13.8. The maximum Gasteiger partial charge on any atom is 0.240 e. The Morgan fingerprint density at radius 1 is 1.24 bits per heavy atom. The van der Waals surface area contributed by atoms with Crippen molar-refractivity contribution in [2.45, 2.75) is 32.9 Å². The van der Waals surface area contributed by atoms with Crippen molar-refractivity contribution in [3.8, 4) is 17.3 Å². The highest BCUT2D eigenvalue weighted by Gasteiger charge is 2.36. The van der Waals surface area contributed by atoms with Crippen LogP contribution in [0.3, 0.4) is 0 Å². The summed E-state index contributed by atoms with van der Waals surface area (Å²) < 4.78 is 15.3. The van der Waals surface area contributed by atoms with Crippen LogP contribution in [0.1, 0.15) is 30.8 Å². The van der Waals surface area contributed by atoms with Gasteiger partial charge in [0.25, 0.3) is 0 Å². The average molecular weight is 389 g/mol. The molecule has 0 saturated heterocycles. The number of aryl methyl sites for hydroxylation is 1. The lowest BCUT2D eigenvalue weighted by atomic mass is 10.0. The zero-order valence-corrected chi connectivity index (χ0v) is 16.4. The van der Waals surface area contributed by atoms with Crippen molar-refractivity contribution in [3.63, 3.8) is 0 Å². The van der Waals surface area contributed by atoms with Gasteiger partial charge in [-0.2, -0.15) is 5.26 Å². The van der Waals surface area contributed by atoms with Gasteiger partial charge in [0.2, 0.25) is 5.91 Å². The molecule has 0 atom stereocenters. The van der Waals surface area contributed by atoms with Crippen LogP contribution in [0.25, 0.3) is 11.3 Å². The topological polar surface area (TPSA) is 82.7 Å². The molecule has 2 heterocycles. The van der Waals surface area contributed by atoms with Crippen LogP contribution < -0.4 is 10.6 Å². The van der Waals surface area contributed by atoms with Crippen LogP contribution in [-0.2, 0) is 16.9 Å². The molecule has 0 radical (unpaired) electrons. The predicted molar refractivity (Wildman–Crippen MR) is 108 cm³/mol. The lowest BCUT2D eigenvalue weighted by molar-refractivity contribution is -0.124. The van der Waals surface area contributed by atoms with Crippen molar-refractivity contribution in [3.05, 3.63) is 65.2 Å². The Kier molecular flexibility index (Phi) is 4.35. The second-order valence-electron chi connectivity index (χ2n) is 7.67. The van der Waals surface area contributed by atoms with Crippen molar-refractivity contribution >= 4 is 17.4 Å². The van der Waals surface area contributed by atoms with Crippen LogP contribution >= 0.6 is 0 Å². The molecule has 0 aliphatic carbocycles. The molecule has 1 aliphatic heterocycles. The molecule has 29 heavy (non-hydrogen) atoms. The number of imidazole rings is 1. The first kappa shape index (κ1) is 18.7. The van der Waals surface area contributed by atoms with E-state index in [1.165, 1.54) is 12.1 Å². The van der Waals surface area contributed by atoms with E-state index in [9.17, 15) is 14.4 Å². The fourth-order valence-electron chi connectivity index (χ4n) is 3.56. The number of nitrogens with one attached hydrogen (secondary N) is 2. The molecule has 0 saturated carbocycles. The number of hydrogen-bond acceptors (Lipinski definition) is 4. The number of halogens is 1. The molecule has 1 amide bonds. The standard InChI is InChI=1S/C22H20FN5O/c1-13-4-9-17(10-15(13)11-24)25-20-19(14-5-7-16(23)8-6-14)26-21-22(2,3)27-18(29)12-28(20)21/h4-10,25H,12H2,1-3H3,(H,27,29). The van der Waals surface area contributed by atoms with Gasteiger partial charge in [-0.15, -0.1) is 0 Å². The number of fused-ring (bicyclic) bond motifs is 1. The van der Waals surface area contributed by atoms with E-state index < -0.39 is 5.54 Å². The Labute approximate surface area is 168 Å². The quantitative estimate of drug-likeness (QED) is 0.710. The Hall–Kier alpha value is -3.66. The molecular weight excluding hydrogens is 369 g/mol. The summed E-state index contributed by atoms with van der Waals surface area (Å²) >= 11 is 0. The zero-order chi connectivity index (χ0) is 20.8. The van der Waals surface area contributed by atoms with E-state index in [2.05, 4.69) is 16.7 Å². The van der Waals surface area contributed by atoms with Crippen molar-refractivity contribution in [1.82, 2.24) is 14.9 Å². The van der Waals surface area contributed by atoms with Gasteiger partial charge in [0, 0.05) is 11.3 Å². The summed E-state index contributed by atoms with van der Waals surface area (Å²) in [7, 11) is 0. The van der Waals surface area contributed by atoms with Gasteiger partial charge in [0.05, 0.1) is 17.2 Å². The third kappa shape index (κ3) is 3.34. The molecular formula is C22H20FN5O. The third-order valence-corrected chi connectivity index (χ3v) is 5.02. The molecule has 6 nitrogen and oxygen atoms in total. The van der Waals surface area contributed by atoms with Crippen LogP contribution in [0, 0.1) is 24.1 Å². The van der Waals surface area contributed by atoms with Crippen molar-refractivity contribution in [2.24, 2.45) is 0 Å². The second-order valence-corrected chi connectivity index (χ2v) is 7.67. The summed E-state index contributed by atoms with van der Waals surface area (Å²) in [5.74, 6) is 0.880. The van der Waals surface area contributed by atoms with Crippen molar-refractivity contribution in [2.75, 3.05) is 5.32 Å². The molecule has 0 spiro atoms. The number of amides is 1. The number of benzene rings is 2. The van der Waals surface area contributed by atoms with E-state index >= 15 is 0 Å². The molecule has 7 heteroatoms. The van der Waals surface area contributed by atoms with Crippen LogP contribution in [-0.4, -0.2) is 15.5 Å². The molecule has 0 fully saturated rings. The summed E-state index contributed by atoms with van der Waals surface area (Å²) in [6.45, 7) is 5.77. The monoisotopic (exact) mass is 389 g/mol. The lowest BCUT2D eigenvalue weighted by Gasteiger charge is -2.31. The first-order chi connectivity index (χ1) is 13.8. The fourth-order valence-corrected chi connectivity index (χ4v) is 3.56. The first-order valence-electron chi connectivity index (χ1n) is 9.24. The Bertz CT molecular complexity index is 1160. The molecule has 146 valence electrons. The van der Waals surface area contributed by atoms with Gasteiger partial charge < -0.3 is 15.2 Å². The molecule has 3 aromatic rings. The van der Waals surface area contributed by atoms with Crippen LogP contribution in [0.4, 0.5) is 15.9 Å². The minimum absolute atomic E-state index is 0.116. The van der Waals surface area contributed by atoms with Crippen molar-refractivity contribution < 1.29 is 9.18 Å². The molecule has 2 N–H and O–H groups in total. The Morgan fingerprint density at radius 2 is 1.97 bits per heavy atom. The second kappa shape index (κ2) is 6.74. The summed E-state index contributed by atoms with van der Waals surface area (Å²) in [4.78, 5) is 17.1. The maximum atomic E-state index is 13.4. The normalized spacial score (nSPS) is 14.7. The zero-order valence-electron chi connectivity index (χ0n) is 16.4. The fraction of sp³-hybridized carbons (Fsp3) is 0.227. The maximum absolute atomic E-state index is 13.4. The predicted octanol–water partition coefficient (Wildman–Crippen LogP) is 3.98. The molecule has 0 bridgehead atoms. The Morgan fingerprint density at radius 3 is 2.66 bits per heavy atom. The molecule has 2 aromatic carbocycles. The number of nitrogens with zero attached hydrogens (tertiary/aromatic N) is 3. The SMILES string of the molecule is Cc1ccc(Nc2c(-c3ccc(F)cc3)nc3n2CC(=O)NC3(C)C)cc1C#N. The van der Waals surface area contributed by atoms with E-state index in [0.717, 1.165) is 11.1 Å². The van der Waals surface area contributed by atoms with Gasteiger partial charge >= 0.3 is 0 Å². The number of nitriles is 1. The van der Waals surface area contributed by atoms with Crippen LogP contribution in [0.15, 0.2) is 42.5 Å². The van der Waals surface area contributed by atoms with Crippen LogP contribution in [0.5, 0.6) is 0 Å². The largest absolute Gasteiger partial charge is 0.342 e. The highest BCUT2D eigenvalue weighted by atomic mass is 19.1. The van der Waals surface area contributed by atoms with E-state index in [4.69, 9.17) is 4.98 Å². The van der Waals surface area contributed by atoms with Gasteiger partial charge in [0.15, 0.2) is 0 Å². The number of aromatic nitrogens is 2. The number of anilines is 2. The van der Waals surface area contributed by atoms with Gasteiger partial charge in [-0.25, -0.2) is 9.37 Å². The minimum Gasteiger partial charge on any atom is -0.342 e.